The SMILES string of the molecule is CC(Nc1cc2c(cc1N)OCCO2)C1CCCC1. The molecular formula is C15H22N2O2. The van der Waals surface area contributed by atoms with Gasteiger partial charge in [-0.3, -0.25) is 0 Å². The molecule has 4 nitrogen and oxygen atoms in total. The number of anilines is 2. The topological polar surface area (TPSA) is 56.5 Å². The van der Waals surface area contributed by atoms with Gasteiger partial charge in [0.1, 0.15) is 13.2 Å². The fraction of sp³-hybridized carbons (Fsp3) is 0.600. The molecular weight excluding hydrogens is 240 g/mol. The summed E-state index contributed by atoms with van der Waals surface area (Å²) >= 11 is 0. The van der Waals surface area contributed by atoms with Crippen molar-refractivity contribution >= 4 is 11.4 Å². The lowest BCUT2D eigenvalue weighted by Gasteiger charge is -2.25. The van der Waals surface area contributed by atoms with E-state index in [1.54, 1.807) is 0 Å². The molecule has 1 aliphatic heterocycles. The molecule has 1 unspecified atom stereocenters. The maximum atomic E-state index is 6.09. The summed E-state index contributed by atoms with van der Waals surface area (Å²) in [5.74, 6) is 2.30. The van der Waals surface area contributed by atoms with E-state index in [-0.39, 0.29) is 0 Å². The molecule has 1 saturated carbocycles. The van der Waals surface area contributed by atoms with E-state index >= 15 is 0 Å². The Morgan fingerprint density at radius 1 is 1.16 bits per heavy atom. The van der Waals surface area contributed by atoms with E-state index in [0.717, 1.165) is 28.8 Å². The van der Waals surface area contributed by atoms with Crippen LogP contribution in [0.15, 0.2) is 12.1 Å². The standard InChI is InChI=1S/C15H22N2O2/c1-10(11-4-2-3-5-11)17-13-9-15-14(8-12(13)16)18-6-7-19-15/h8-11,17H,2-7,16H2,1H3. The van der Waals surface area contributed by atoms with Crippen LogP contribution in [0.4, 0.5) is 11.4 Å². The van der Waals surface area contributed by atoms with E-state index in [4.69, 9.17) is 15.2 Å². The first-order valence-corrected chi connectivity index (χ1v) is 7.19. The van der Waals surface area contributed by atoms with E-state index in [1.165, 1.54) is 25.7 Å². The number of ether oxygens (including phenoxy) is 2. The van der Waals surface area contributed by atoms with Gasteiger partial charge < -0.3 is 20.5 Å². The van der Waals surface area contributed by atoms with Gasteiger partial charge in [0.25, 0.3) is 0 Å². The summed E-state index contributed by atoms with van der Waals surface area (Å²) in [6, 6.07) is 4.28. The largest absolute Gasteiger partial charge is 0.486 e. The Kier molecular flexibility index (Phi) is 3.40. The number of hydrogen-bond acceptors (Lipinski definition) is 4. The molecule has 0 radical (unpaired) electrons. The van der Waals surface area contributed by atoms with Crippen LogP contribution in [0.5, 0.6) is 11.5 Å². The third-order valence-corrected chi connectivity index (χ3v) is 4.20. The second-order valence-electron chi connectivity index (χ2n) is 5.56. The van der Waals surface area contributed by atoms with Crippen molar-refractivity contribution in [2.45, 2.75) is 38.6 Å². The van der Waals surface area contributed by atoms with Gasteiger partial charge in [-0.05, 0) is 25.7 Å². The van der Waals surface area contributed by atoms with E-state index in [2.05, 4.69) is 12.2 Å². The van der Waals surface area contributed by atoms with Gasteiger partial charge in [0.15, 0.2) is 11.5 Å². The Morgan fingerprint density at radius 2 is 1.79 bits per heavy atom. The van der Waals surface area contributed by atoms with Crippen molar-refractivity contribution in [3.8, 4) is 11.5 Å². The van der Waals surface area contributed by atoms with Crippen LogP contribution in [-0.4, -0.2) is 19.3 Å². The summed E-state index contributed by atoms with van der Waals surface area (Å²) in [6.45, 7) is 3.44. The number of nitrogen functional groups attached to an aromatic ring is 1. The van der Waals surface area contributed by atoms with Crippen molar-refractivity contribution in [3.05, 3.63) is 12.1 Å². The van der Waals surface area contributed by atoms with Gasteiger partial charge in [-0.2, -0.15) is 0 Å². The smallest absolute Gasteiger partial charge is 0.163 e. The lowest BCUT2D eigenvalue weighted by molar-refractivity contribution is 0.172. The second-order valence-corrected chi connectivity index (χ2v) is 5.56. The molecule has 19 heavy (non-hydrogen) atoms. The van der Waals surface area contributed by atoms with Gasteiger partial charge >= 0.3 is 0 Å². The van der Waals surface area contributed by atoms with Crippen LogP contribution in [0.3, 0.4) is 0 Å². The van der Waals surface area contributed by atoms with Gasteiger partial charge in [0, 0.05) is 18.2 Å². The summed E-state index contributed by atoms with van der Waals surface area (Å²) in [7, 11) is 0. The Bertz CT molecular complexity index is 456. The van der Waals surface area contributed by atoms with Crippen molar-refractivity contribution in [2.24, 2.45) is 5.92 Å². The molecule has 4 heteroatoms. The maximum absolute atomic E-state index is 6.09. The van der Waals surface area contributed by atoms with Crippen LogP contribution in [0, 0.1) is 5.92 Å². The first kappa shape index (κ1) is 12.5. The normalized spacial score (nSPS) is 20.3. The number of hydrogen-bond donors (Lipinski definition) is 2. The van der Waals surface area contributed by atoms with Crippen molar-refractivity contribution in [3.63, 3.8) is 0 Å². The monoisotopic (exact) mass is 262 g/mol. The number of benzene rings is 1. The molecule has 1 atom stereocenters. The second kappa shape index (κ2) is 5.19. The summed E-state index contributed by atoms with van der Waals surface area (Å²) in [5, 5.41) is 3.54. The Morgan fingerprint density at radius 3 is 2.47 bits per heavy atom. The average molecular weight is 262 g/mol. The molecule has 1 heterocycles. The highest BCUT2D eigenvalue weighted by molar-refractivity contribution is 5.72. The van der Waals surface area contributed by atoms with Crippen molar-refractivity contribution in [1.29, 1.82) is 0 Å². The number of fused-ring (bicyclic) bond motifs is 1. The molecule has 3 rings (SSSR count). The third kappa shape index (κ3) is 2.57. The zero-order valence-corrected chi connectivity index (χ0v) is 11.4. The molecule has 3 N–H and O–H groups in total. The van der Waals surface area contributed by atoms with Crippen LogP contribution in [0.25, 0.3) is 0 Å². The summed E-state index contributed by atoms with van der Waals surface area (Å²) < 4.78 is 11.1. The van der Waals surface area contributed by atoms with E-state index < -0.39 is 0 Å². The first-order chi connectivity index (χ1) is 9.24. The van der Waals surface area contributed by atoms with E-state index in [9.17, 15) is 0 Å². The number of rotatable bonds is 3. The maximum Gasteiger partial charge on any atom is 0.163 e. The van der Waals surface area contributed by atoms with E-state index in [1.807, 2.05) is 12.1 Å². The highest BCUT2D eigenvalue weighted by Crippen LogP contribution is 2.38. The molecule has 104 valence electrons. The molecule has 0 saturated heterocycles. The summed E-state index contributed by atoms with van der Waals surface area (Å²) in [4.78, 5) is 0. The quantitative estimate of drug-likeness (QED) is 0.822. The Labute approximate surface area is 114 Å². The Hall–Kier alpha value is -1.58. The van der Waals surface area contributed by atoms with Crippen molar-refractivity contribution in [2.75, 3.05) is 24.3 Å². The van der Waals surface area contributed by atoms with Crippen molar-refractivity contribution in [1.82, 2.24) is 0 Å². The average Bonchev–Trinajstić information content (AvgIpc) is 2.93. The summed E-state index contributed by atoms with van der Waals surface area (Å²) in [6.07, 6.45) is 5.35. The molecule has 0 aromatic heterocycles. The van der Waals surface area contributed by atoms with Crippen LogP contribution in [0.2, 0.25) is 0 Å². The highest BCUT2D eigenvalue weighted by atomic mass is 16.6. The third-order valence-electron chi connectivity index (χ3n) is 4.20. The van der Waals surface area contributed by atoms with E-state index in [0.29, 0.717) is 19.3 Å². The lowest BCUT2D eigenvalue weighted by atomic mass is 9.99. The molecule has 0 bridgehead atoms. The fourth-order valence-electron chi connectivity index (χ4n) is 3.05. The molecule has 1 aromatic carbocycles. The minimum Gasteiger partial charge on any atom is -0.486 e. The highest BCUT2D eigenvalue weighted by Gasteiger charge is 2.23. The van der Waals surface area contributed by atoms with Gasteiger partial charge in [-0.25, -0.2) is 0 Å². The predicted molar refractivity (Wildman–Crippen MR) is 76.9 cm³/mol. The predicted octanol–water partition coefficient (Wildman–Crippen LogP) is 3.03. The zero-order chi connectivity index (χ0) is 13.2. The van der Waals surface area contributed by atoms with Gasteiger partial charge in [0.05, 0.1) is 11.4 Å². The van der Waals surface area contributed by atoms with Crippen LogP contribution in [-0.2, 0) is 0 Å². The minimum absolute atomic E-state index is 0.451. The molecule has 1 aromatic rings. The molecule has 0 spiro atoms. The number of nitrogens with two attached hydrogens (primary N) is 1. The first-order valence-electron chi connectivity index (χ1n) is 7.19. The molecule has 2 aliphatic rings. The lowest BCUT2D eigenvalue weighted by Crippen LogP contribution is -2.24. The molecule has 1 fully saturated rings. The van der Waals surface area contributed by atoms with Crippen LogP contribution in [0.1, 0.15) is 32.6 Å². The van der Waals surface area contributed by atoms with Gasteiger partial charge in [-0.1, -0.05) is 12.8 Å². The van der Waals surface area contributed by atoms with Crippen LogP contribution < -0.4 is 20.5 Å². The minimum atomic E-state index is 0.451. The Balaban J connectivity index is 1.76. The number of nitrogens with one attached hydrogen (secondary N) is 1. The summed E-state index contributed by atoms with van der Waals surface area (Å²) in [5.41, 5.74) is 7.79. The molecule has 1 aliphatic carbocycles. The van der Waals surface area contributed by atoms with Crippen LogP contribution >= 0.6 is 0 Å². The van der Waals surface area contributed by atoms with Gasteiger partial charge in [0.2, 0.25) is 0 Å². The zero-order valence-electron chi connectivity index (χ0n) is 11.4. The van der Waals surface area contributed by atoms with Gasteiger partial charge in [-0.15, -0.1) is 0 Å². The fourth-order valence-corrected chi connectivity index (χ4v) is 3.05. The molecule has 0 amide bonds. The van der Waals surface area contributed by atoms with Crippen molar-refractivity contribution < 1.29 is 9.47 Å².